The van der Waals surface area contributed by atoms with E-state index in [0.717, 1.165) is 5.56 Å². The predicted octanol–water partition coefficient (Wildman–Crippen LogP) is 2.36. The van der Waals surface area contributed by atoms with Crippen molar-refractivity contribution in [2.24, 2.45) is 5.73 Å². The molecule has 0 aliphatic heterocycles. The van der Waals surface area contributed by atoms with Crippen LogP contribution < -0.4 is 15.2 Å². The molecular formula is C16H18FNO3. The van der Waals surface area contributed by atoms with E-state index in [2.05, 4.69) is 0 Å². The molecule has 112 valence electrons. The molecule has 0 saturated heterocycles. The van der Waals surface area contributed by atoms with Crippen LogP contribution in [0.25, 0.3) is 0 Å². The lowest BCUT2D eigenvalue weighted by Crippen LogP contribution is -2.05. The summed E-state index contributed by atoms with van der Waals surface area (Å²) in [4.78, 5) is 0. The van der Waals surface area contributed by atoms with Crippen LogP contribution in [0.5, 0.6) is 11.5 Å². The summed E-state index contributed by atoms with van der Waals surface area (Å²) < 4.78 is 24.9. The molecule has 0 saturated carbocycles. The van der Waals surface area contributed by atoms with Crippen molar-refractivity contribution in [1.82, 2.24) is 0 Å². The molecule has 5 heteroatoms. The first kappa shape index (κ1) is 15.3. The summed E-state index contributed by atoms with van der Waals surface area (Å²) in [6.45, 7) is 0.145. The molecule has 0 atom stereocenters. The molecule has 0 fully saturated rings. The van der Waals surface area contributed by atoms with E-state index in [1.807, 2.05) is 0 Å². The molecule has 0 radical (unpaired) electrons. The topological polar surface area (TPSA) is 64.7 Å². The predicted molar refractivity (Wildman–Crippen MR) is 77.5 cm³/mol. The zero-order valence-electron chi connectivity index (χ0n) is 11.8. The number of hydrogen-bond donors (Lipinski definition) is 2. The van der Waals surface area contributed by atoms with Crippen LogP contribution in [-0.2, 0) is 19.8 Å². The summed E-state index contributed by atoms with van der Waals surface area (Å²) in [5, 5.41) is 9.09. The number of methoxy groups -OCH3 is 1. The van der Waals surface area contributed by atoms with E-state index < -0.39 is 0 Å². The maximum Gasteiger partial charge on any atom is 0.161 e. The van der Waals surface area contributed by atoms with Gasteiger partial charge in [0.2, 0.25) is 0 Å². The lowest BCUT2D eigenvalue weighted by Gasteiger charge is -2.13. The van der Waals surface area contributed by atoms with E-state index in [4.69, 9.17) is 20.3 Å². The fourth-order valence-corrected chi connectivity index (χ4v) is 1.99. The fraction of sp³-hybridized carbons (Fsp3) is 0.250. The van der Waals surface area contributed by atoms with E-state index in [9.17, 15) is 4.39 Å². The second-order valence-corrected chi connectivity index (χ2v) is 4.53. The Hall–Kier alpha value is -2.11. The number of ether oxygens (including phenoxy) is 2. The molecule has 0 aliphatic rings. The molecule has 2 rings (SSSR count). The van der Waals surface area contributed by atoms with Crippen LogP contribution >= 0.6 is 0 Å². The van der Waals surface area contributed by atoms with E-state index >= 15 is 0 Å². The van der Waals surface area contributed by atoms with Crippen molar-refractivity contribution < 1.29 is 19.0 Å². The van der Waals surface area contributed by atoms with Gasteiger partial charge in [-0.25, -0.2) is 4.39 Å². The summed E-state index contributed by atoms with van der Waals surface area (Å²) in [6, 6.07) is 10.1. The third-order valence-corrected chi connectivity index (χ3v) is 3.17. The van der Waals surface area contributed by atoms with Gasteiger partial charge in [-0.15, -0.1) is 0 Å². The fourth-order valence-electron chi connectivity index (χ4n) is 1.99. The summed E-state index contributed by atoms with van der Waals surface area (Å²) >= 11 is 0. The van der Waals surface area contributed by atoms with Crippen LogP contribution in [-0.4, -0.2) is 12.2 Å². The Balaban J connectivity index is 2.16. The molecule has 0 unspecified atom stereocenters. The normalized spacial score (nSPS) is 10.5. The minimum Gasteiger partial charge on any atom is -0.493 e. The lowest BCUT2D eigenvalue weighted by atomic mass is 10.1. The van der Waals surface area contributed by atoms with Crippen molar-refractivity contribution in [3.63, 3.8) is 0 Å². The van der Waals surface area contributed by atoms with Crippen LogP contribution in [0.2, 0.25) is 0 Å². The Morgan fingerprint density at radius 2 is 1.90 bits per heavy atom. The standard InChI is InChI=1S/C16H18FNO3/c1-20-15-7-11(9-19)5-6-14(15)21-10-13-4-2-3-12(8-18)16(13)17/h2-7,19H,8-10,18H2,1H3. The van der Waals surface area contributed by atoms with Crippen molar-refractivity contribution in [3.8, 4) is 11.5 Å². The quantitative estimate of drug-likeness (QED) is 0.857. The molecule has 0 spiro atoms. The molecular weight excluding hydrogens is 273 g/mol. The number of nitrogens with two attached hydrogens (primary N) is 1. The SMILES string of the molecule is COc1cc(CO)ccc1OCc1cccc(CN)c1F. The van der Waals surface area contributed by atoms with Gasteiger partial charge < -0.3 is 20.3 Å². The Labute approximate surface area is 122 Å². The molecule has 0 amide bonds. The molecule has 21 heavy (non-hydrogen) atoms. The van der Waals surface area contributed by atoms with Crippen molar-refractivity contribution in [3.05, 3.63) is 58.9 Å². The number of aliphatic hydroxyl groups excluding tert-OH is 1. The first-order valence-corrected chi connectivity index (χ1v) is 6.56. The third kappa shape index (κ3) is 3.51. The Morgan fingerprint density at radius 3 is 2.57 bits per heavy atom. The van der Waals surface area contributed by atoms with Crippen LogP contribution in [0.4, 0.5) is 4.39 Å². The summed E-state index contributed by atoms with van der Waals surface area (Å²) in [7, 11) is 1.51. The van der Waals surface area contributed by atoms with Crippen LogP contribution in [0.3, 0.4) is 0 Å². The number of halogens is 1. The Morgan fingerprint density at radius 1 is 1.14 bits per heavy atom. The van der Waals surface area contributed by atoms with Crippen LogP contribution in [0, 0.1) is 5.82 Å². The van der Waals surface area contributed by atoms with E-state index in [0.29, 0.717) is 22.6 Å². The maximum absolute atomic E-state index is 14.1. The highest BCUT2D eigenvalue weighted by Crippen LogP contribution is 2.29. The number of rotatable bonds is 6. The van der Waals surface area contributed by atoms with Gasteiger partial charge in [0.1, 0.15) is 12.4 Å². The Kier molecular flexibility index (Phi) is 5.14. The van der Waals surface area contributed by atoms with Gasteiger partial charge >= 0.3 is 0 Å². The van der Waals surface area contributed by atoms with Gasteiger partial charge in [0.15, 0.2) is 11.5 Å². The first-order valence-electron chi connectivity index (χ1n) is 6.56. The van der Waals surface area contributed by atoms with Gasteiger partial charge in [-0.1, -0.05) is 24.3 Å². The minimum absolute atomic E-state index is 0.0779. The molecule has 0 aromatic heterocycles. The summed E-state index contributed by atoms with van der Waals surface area (Å²) in [5.41, 5.74) is 7.09. The van der Waals surface area contributed by atoms with Gasteiger partial charge in [0, 0.05) is 17.7 Å². The number of aliphatic hydroxyl groups is 1. The molecule has 2 aromatic carbocycles. The van der Waals surface area contributed by atoms with E-state index in [-0.39, 0.29) is 25.6 Å². The Bertz CT molecular complexity index is 616. The second-order valence-electron chi connectivity index (χ2n) is 4.53. The van der Waals surface area contributed by atoms with Gasteiger partial charge in [0.25, 0.3) is 0 Å². The average Bonchev–Trinajstić information content (AvgIpc) is 2.53. The summed E-state index contributed by atoms with van der Waals surface area (Å²) in [6.07, 6.45) is 0. The highest BCUT2D eigenvalue weighted by atomic mass is 19.1. The molecule has 0 aliphatic carbocycles. The van der Waals surface area contributed by atoms with E-state index in [1.165, 1.54) is 7.11 Å². The summed E-state index contributed by atoms with van der Waals surface area (Å²) in [5.74, 6) is 0.648. The molecule has 3 N–H and O–H groups in total. The second kappa shape index (κ2) is 7.06. The van der Waals surface area contributed by atoms with Crippen LogP contribution in [0.1, 0.15) is 16.7 Å². The van der Waals surface area contributed by atoms with Crippen molar-refractivity contribution >= 4 is 0 Å². The van der Waals surface area contributed by atoms with Crippen LogP contribution in [0.15, 0.2) is 36.4 Å². The van der Waals surface area contributed by atoms with E-state index in [1.54, 1.807) is 36.4 Å². The zero-order chi connectivity index (χ0) is 15.2. The molecule has 4 nitrogen and oxygen atoms in total. The van der Waals surface area contributed by atoms with Crippen molar-refractivity contribution in [1.29, 1.82) is 0 Å². The molecule has 0 heterocycles. The first-order chi connectivity index (χ1) is 10.2. The molecule has 0 bridgehead atoms. The van der Waals surface area contributed by atoms with Gasteiger partial charge in [0.05, 0.1) is 13.7 Å². The number of hydrogen-bond acceptors (Lipinski definition) is 4. The van der Waals surface area contributed by atoms with Gasteiger partial charge in [-0.2, -0.15) is 0 Å². The zero-order valence-corrected chi connectivity index (χ0v) is 11.8. The third-order valence-electron chi connectivity index (χ3n) is 3.17. The average molecular weight is 291 g/mol. The van der Waals surface area contributed by atoms with Crippen molar-refractivity contribution in [2.75, 3.05) is 7.11 Å². The highest BCUT2D eigenvalue weighted by molar-refractivity contribution is 5.43. The lowest BCUT2D eigenvalue weighted by molar-refractivity contribution is 0.272. The van der Waals surface area contributed by atoms with Gasteiger partial charge in [-0.3, -0.25) is 0 Å². The van der Waals surface area contributed by atoms with Crippen molar-refractivity contribution in [2.45, 2.75) is 19.8 Å². The maximum atomic E-state index is 14.1. The van der Waals surface area contributed by atoms with Gasteiger partial charge in [-0.05, 0) is 17.7 Å². The molecule has 2 aromatic rings. The minimum atomic E-state index is -0.342. The number of benzene rings is 2. The highest BCUT2D eigenvalue weighted by Gasteiger charge is 2.10. The smallest absolute Gasteiger partial charge is 0.161 e. The largest absolute Gasteiger partial charge is 0.493 e. The monoisotopic (exact) mass is 291 g/mol.